The minimum Gasteiger partial charge on any atom is -0.497 e. The number of nitrogens with zero attached hydrogens (tertiary/aromatic N) is 1. The summed E-state index contributed by atoms with van der Waals surface area (Å²) in [5.41, 5.74) is 1.29. The highest BCUT2D eigenvalue weighted by Crippen LogP contribution is 2.19. The van der Waals surface area contributed by atoms with Crippen LogP contribution in [0.25, 0.3) is 0 Å². The van der Waals surface area contributed by atoms with Crippen LogP contribution in [-0.4, -0.2) is 37.7 Å². The number of benzene rings is 1. The fraction of sp³-hybridized carbons (Fsp3) is 0.647. The first-order chi connectivity index (χ1) is 9.70. The Balaban J connectivity index is 1.82. The first kappa shape index (κ1) is 15.3. The van der Waals surface area contributed by atoms with Gasteiger partial charge in [0.25, 0.3) is 0 Å². The van der Waals surface area contributed by atoms with Crippen molar-refractivity contribution in [2.24, 2.45) is 0 Å². The van der Waals surface area contributed by atoms with Crippen LogP contribution in [0.3, 0.4) is 0 Å². The largest absolute Gasteiger partial charge is 0.497 e. The Kier molecular flexibility index (Phi) is 5.86. The molecular weight excluding hydrogens is 248 g/mol. The minimum absolute atomic E-state index is 0.359. The molecule has 20 heavy (non-hydrogen) atoms. The fourth-order valence-corrected chi connectivity index (χ4v) is 2.86. The molecule has 1 aliphatic heterocycles. The average molecular weight is 276 g/mol. The number of hydrogen-bond acceptors (Lipinski definition) is 3. The van der Waals surface area contributed by atoms with E-state index in [9.17, 15) is 0 Å². The van der Waals surface area contributed by atoms with Crippen molar-refractivity contribution in [2.75, 3.05) is 26.7 Å². The minimum atomic E-state index is 0.359. The van der Waals surface area contributed by atoms with E-state index < -0.39 is 0 Å². The van der Waals surface area contributed by atoms with E-state index in [1.807, 2.05) is 6.07 Å². The van der Waals surface area contributed by atoms with E-state index in [-0.39, 0.29) is 0 Å². The summed E-state index contributed by atoms with van der Waals surface area (Å²) in [5.74, 6) is 0.931. The van der Waals surface area contributed by atoms with E-state index >= 15 is 0 Å². The number of methoxy groups -OCH3 is 1. The van der Waals surface area contributed by atoms with Crippen molar-refractivity contribution in [3.05, 3.63) is 29.8 Å². The van der Waals surface area contributed by atoms with Crippen LogP contribution < -0.4 is 10.1 Å². The van der Waals surface area contributed by atoms with Gasteiger partial charge in [0.05, 0.1) is 7.11 Å². The molecule has 1 fully saturated rings. The summed E-state index contributed by atoms with van der Waals surface area (Å²) in [7, 11) is 1.72. The molecule has 0 aliphatic carbocycles. The lowest BCUT2D eigenvalue weighted by atomic mass is 10.1. The molecule has 0 radical (unpaired) electrons. The van der Waals surface area contributed by atoms with Gasteiger partial charge in [0.1, 0.15) is 5.75 Å². The molecule has 0 bridgehead atoms. The van der Waals surface area contributed by atoms with Crippen molar-refractivity contribution in [3.8, 4) is 5.75 Å². The highest BCUT2D eigenvalue weighted by molar-refractivity contribution is 5.30. The zero-order chi connectivity index (χ0) is 14.4. The highest BCUT2D eigenvalue weighted by Gasteiger charge is 2.17. The van der Waals surface area contributed by atoms with Crippen LogP contribution in [0.1, 0.15) is 44.7 Å². The zero-order valence-electron chi connectivity index (χ0n) is 13.1. The van der Waals surface area contributed by atoms with Gasteiger partial charge in [-0.3, -0.25) is 4.90 Å². The van der Waals surface area contributed by atoms with Crippen LogP contribution >= 0.6 is 0 Å². The van der Waals surface area contributed by atoms with Crippen molar-refractivity contribution in [1.29, 1.82) is 0 Å². The van der Waals surface area contributed by atoms with Gasteiger partial charge in [-0.1, -0.05) is 18.6 Å². The van der Waals surface area contributed by atoms with Crippen molar-refractivity contribution < 1.29 is 4.74 Å². The molecular formula is C17H28N2O. The molecule has 1 aliphatic rings. The second-order valence-corrected chi connectivity index (χ2v) is 5.85. The molecule has 1 heterocycles. The lowest BCUT2D eigenvalue weighted by Crippen LogP contribution is -2.43. The number of likely N-dealkylation sites (tertiary alicyclic amines) is 1. The molecule has 0 amide bonds. The first-order valence-electron chi connectivity index (χ1n) is 7.82. The van der Waals surface area contributed by atoms with E-state index in [1.54, 1.807) is 7.11 Å². The van der Waals surface area contributed by atoms with Gasteiger partial charge in [-0.05, 0) is 57.5 Å². The van der Waals surface area contributed by atoms with Gasteiger partial charge in [0.15, 0.2) is 0 Å². The summed E-state index contributed by atoms with van der Waals surface area (Å²) in [6, 6.07) is 9.29. The van der Waals surface area contributed by atoms with Gasteiger partial charge in [-0.25, -0.2) is 0 Å². The Morgan fingerprint density at radius 1 is 1.20 bits per heavy atom. The van der Waals surface area contributed by atoms with Gasteiger partial charge in [-0.15, -0.1) is 0 Å². The van der Waals surface area contributed by atoms with Crippen molar-refractivity contribution in [3.63, 3.8) is 0 Å². The van der Waals surface area contributed by atoms with Crippen LogP contribution in [0.4, 0.5) is 0 Å². The van der Waals surface area contributed by atoms with E-state index in [0.29, 0.717) is 12.1 Å². The van der Waals surface area contributed by atoms with E-state index in [1.165, 1.54) is 37.9 Å². The third-order valence-electron chi connectivity index (χ3n) is 4.33. The maximum atomic E-state index is 5.29. The van der Waals surface area contributed by atoms with Crippen molar-refractivity contribution in [1.82, 2.24) is 10.2 Å². The Morgan fingerprint density at radius 2 is 1.95 bits per heavy atom. The molecule has 3 nitrogen and oxygen atoms in total. The molecule has 1 aromatic carbocycles. The summed E-state index contributed by atoms with van der Waals surface area (Å²) in [6.07, 6.45) is 4.11. The molecule has 0 spiro atoms. The summed E-state index contributed by atoms with van der Waals surface area (Å²) < 4.78 is 5.29. The molecule has 0 saturated carbocycles. The van der Waals surface area contributed by atoms with Crippen LogP contribution in [0.2, 0.25) is 0 Å². The molecule has 1 N–H and O–H groups in total. The Labute approximate surface area is 123 Å². The maximum absolute atomic E-state index is 5.29. The van der Waals surface area contributed by atoms with Gasteiger partial charge >= 0.3 is 0 Å². The fourth-order valence-electron chi connectivity index (χ4n) is 2.86. The molecule has 3 heteroatoms. The number of ether oxygens (including phenoxy) is 1. The van der Waals surface area contributed by atoms with Crippen LogP contribution in [0.5, 0.6) is 5.75 Å². The first-order valence-corrected chi connectivity index (χ1v) is 7.82. The van der Waals surface area contributed by atoms with E-state index in [2.05, 4.69) is 42.3 Å². The molecule has 1 saturated heterocycles. The molecule has 112 valence electrons. The average Bonchev–Trinajstić information content (AvgIpc) is 2.53. The predicted molar refractivity (Wildman–Crippen MR) is 84.3 cm³/mol. The molecule has 2 rings (SSSR count). The Morgan fingerprint density at radius 3 is 2.65 bits per heavy atom. The number of piperidine rings is 1. The lowest BCUT2D eigenvalue weighted by molar-refractivity contribution is 0.168. The van der Waals surface area contributed by atoms with Crippen LogP contribution in [0, 0.1) is 0 Å². The third kappa shape index (κ3) is 4.22. The van der Waals surface area contributed by atoms with Crippen molar-refractivity contribution >= 4 is 0 Å². The van der Waals surface area contributed by atoms with Crippen LogP contribution in [0.15, 0.2) is 24.3 Å². The quantitative estimate of drug-likeness (QED) is 0.863. The van der Waals surface area contributed by atoms with Gasteiger partial charge in [-0.2, -0.15) is 0 Å². The predicted octanol–water partition coefficient (Wildman–Crippen LogP) is 3.22. The standard InChI is InChI=1S/C17H28N2O/c1-14(19-10-5-4-6-11-19)13-18-15(2)16-8-7-9-17(12-16)20-3/h7-9,12,14-15,18H,4-6,10-11,13H2,1-3H3. The molecule has 2 unspecified atom stereocenters. The smallest absolute Gasteiger partial charge is 0.119 e. The Hall–Kier alpha value is -1.06. The summed E-state index contributed by atoms with van der Waals surface area (Å²) in [5, 5.41) is 3.65. The summed E-state index contributed by atoms with van der Waals surface area (Å²) >= 11 is 0. The molecule has 1 aromatic rings. The van der Waals surface area contributed by atoms with Gasteiger partial charge < -0.3 is 10.1 Å². The Bertz CT molecular complexity index is 402. The monoisotopic (exact) mass is 276 g/mol. The van der Waals surface area contributed by atoms with Crippen molar-refractivity contribution in [2.45, 2.75) is 45.2 Å². The molecule has 0 aromatic heterocycles. The second kappa shape index (κ2) is 7.65. The lowest BCUT2D eigenvalue weighted by Gasteiger charge is -2.33. The van der Waals surface area contributed by atoms with Crippen LogP contribution in [-0.2, 0) is 0 Å². The number of rotatable bonds is 6. The summed E-state index contributed by atoms with van der Waals surface area (Å²) in [6.45, 7) is 8.11. The normalized spacial score (nSPS) is 19.6. The highest BCUT2D eigenvalue weighted by atomic mass is 16.5. The third-order valence-corrected chi connectivity index (χ3v) is 4.33. The summed E-state index contributed by atoms with van der Waals surface area (Å²) in [4.78, 5) is 2.61. The SMILES string of the molecule is COc1cccc(C(C)NCC(C)N2CCCCC2)c1. The molecule has 2 atom stereocenters. The van der Waals surface area contributed by atoms with Gasteiger partial charge in [0.2, 0.25) is 0 Å². The van der Waals surface area contributed by atoms with Gasteiger partial charge in [0, 0.05) is 18.6 Å². The van der Waals surface area contributed by atoms with E-state index in [4.69, 9.17) is 4.74 Å². The van der Waals surface area contributed by atoms with E-state index in [0.717, 1.165) is 12.3 Å². The second-order valence-electron chi connectivity index (χ2n) is 5.85. The number of nitrogens with one attached hydrogen (secondary N) is 1. The zero-order valence-corrected chi connectivity index (χ0v) is 13.1. The maximum Gasteiger partial charge on any atom is 0.119 e. The topological polar surface area (TPSA) is 24.5 Å². The number of hydrogen-bond donors (Lipinski definition) is 1.